The molecule has 2 aromatic heterocycles. The first-order valence-corrected chi connectivity index (χ1v) is 7.49. The van der Waals surface area contributed by atoms with Crippen molar-refractivity contribution in [3.8, 4) is 0 Å². The van der Waals surface area contributed by atoms with E-state index in [-0.39, 0.29) is 11.8 Å². The van der Waals surface area contributed by atoms with Gasteiger partial charge in [-0.1, -0.05) is 6.08 Å². The third-order valence-corrected chi connectivity index (χ3v) is 4.55. The lowest BCUT2D eigenvalue weighted by molar-refractivity contribution is -0.117. The van der Waals surface area contributed by atoms with Crippen molar-refractivity contribution in [2.45, 2.75) is 19.9 Å². The first-order valence-electron chi connectivity index (χ1n) is 6.67. The predicted octanol–water partition coefficient (Wildman–Crippen LogP) is 2.84. The highest BCUT2D eigenvalue weighted by molar-refractivity contribution is 7.11. The molecule has 3 heterocycles. The lowest BCUT2D eigenvalue weighted by Gasteiger charge is -2.17. The molecular weight excluding hydrogens is 270 g/mol. The van der Waals surface area contributed by atoms with Gasteiger partial charge >= 0.3 is 0 Å². The van der Waals surface area contributed by atoms with Crippen LogP contribution in [0.15, 0.2) is 37.1 Å². The highest BCUT2D eigenvalue weighted by Crippen LogP contribution is 2.26. The van der Waals surface area contributed by atoms with Crippen LogP contribution >= 0.6 is 11.3 Å². The van der Waals surface area contributed by atoms with Crippen molar-refractivity contribution in [1.29, 1.82) is 0 Å². The van der Waals surface area contributed by atoms with Crippen LogP contribution in [0.25, 0.3) is 0 Å². The summed E-state index contributed by atoms with van der Waals surface area (Å²) in [7, 11) is 0. The molecule has 1 saturated heterocycles. The molecule has 1 amide bonds. The van der Waals surface area contributed by atoms with Gasteiger partial charge in [0.05, 0.1) is 12.7 Å². The quantitative estimate of drug-likeness (QED) is 0.811. The molecule has 5 heteroatoms. The molecule has 1 atom stereocenters. The van der Waals surface area contributed by atoms with Crippen molar-refractivity contribution in [3.05, 3.63) is 46.8 Å². The third-order valence-electron chi connectivity index (χ3n) is 3.56. The average Bonchev–Trinajstić information content (AvgIpc) is 3.11. The van der Waals surface area contributed by atoms with Crippen molar-refractivity contribution in [1.82, 2.24) is 9.78 Å². The zero-order valence-corrected chi connectivity index (χ0v) is 12.3. The minimum absolute atomic E-state index is 0.152. The first-order chi connectivity index (χ1) is 9.67. The molecule has 3 rings (SSSR count). The summed E-state index contributed by atoms with van der Waals surface area (Å²) < 4.78 is 1.90. The lowest BCUT2D eigenvalue weighted by atomic mass is 10.1. The summed E-state index contributed by atoms with van der Waals surface area (Å²) in [4.78, 5) is 16.4. The van der Waals surface area contributed by atoms with Crippen molar-refractivity contribution in [3.63, 3.8) is 0 Å². The van der Waals surface area contributed by atoms with Crippen molar-refractivity contribution < 1.29 is 4.79 Å². The van der Waals surface area contributed by atoms with Gasteiger partial charge in [-0.05, 0) is 19.1 Å². The minimum Gasteiger partial charge on any atom is -0.296 e. The second-order valence-electron chi connectivity index (χ2n) is 5.06. The van der Waals surface area contributed by atoms with E-state index in [9.17, 15) is 4.79 Å². The monoisotopic (exact) mass is 287 g/mol. The second kappa shape index (κ2) is 5.25. The summed E-state index contributed by atoms with van der Waals surface area (Å²) >= 11 is 1.76. The molecule has 4 nitrogen and oxygen atoms in total. The SMILES string of the molecule is C=CC1CC(=O)N(c2ccnn2Cc2ccc(C)s2)C1. The van der Waals surface area contributed by atoms with Gasteiger partial charge in [0.1, 0.15) is 5.82 Å². The molecule has 104 valence electrons. The molecule has 0 aliphatic carbocycles. The maximum atomic E-state index is 12.1. The Bertz CT molecular complexity index is 643. The molecule has 0 saturated carbocycles. The fourth-order valence-corrected chi connectivity index (χ4v) is 3.38. The van der Waals surface area contributed by atoms with E-state index in [1.807, 2.05) is 21.7 Å². The maximum Gasteiger partial charge on any atom is 0.228 e. The Balaban J connectivity index is 1.83. The van der Waals surface area contributed by atoms with Crippen LogP contribution in [-0.4, -0.2) is 22.2 Å². The number of thiophene rings is 1. The molecule has 0 aromatic carbocycles. The number of carbonyl (C=O) groups is 1. The van der Waals surface area contributed by atoms with Gasteiger partial charge in [-0.25, -0.2) is 4.68 Å². The molecule has 1 aliphatic rings. The van der Waals surface area contributed by atoms with Crippen LogP contribution in [0, 0.1) is 12.8 Å². The Morgan fingerprint density at radius 3 is 3.00 bits per heavy atom. The van der Waals surface area contributed by atoms with Gasteiger partial charge in [0.25, 0.3) is 0 Å². The fourth-order valence-electron chi connectivity index (χ4n) is 2.51. The molecule has 20 heavy (non-hydrogen) atoms. The van der Waals surface area contributed by atoms with Crippen LogP contribution in [0.1, 0.15) is 16.2 Å². The normalized spacial score (nSPS) is 18.8. The predicted molar refractivity (Wildman–Crippen MR) is 81.0 cm³/mol. The molecule has 0 radical (unpaired) electrons. The van der Waals surface area contributed by atoms with E-state index in [0.29, 0.717) is 19.5 Å². The van der Waals surface area contributed by atoms with E-state index >= 15 is 0 Å². The molecule has 1 fully saturated rings. The number of aromatic nitrogens is 2. The van der Waals surface area contributed by atoms with Gasteiger partial charge in [0.15, 0.2) is 0 Å². The van der Waals surface area contributed by atoms with E-state index in [1.54, 1.807) is 17.5 Å². The third kappa shape index (κ3) is 2.41. The van der Waals surface area contributed by atoms with Crippen LogP contribution in [0.3, 0.4) is 0 Å². The van der Waals surface area contributed by atoms with Crippen LogP contribution < -0.4 is 4.90 Å². The molecular formula is C15H17N3OS. The molecule has 0 N–H and O–H groups in total. The summed E-state index contributed by atoms with van der Waals surface area (Å²) in [6, 6.07) is 6.13. The maximum absolute atomic E-state index is 12.1. The smallest absolute Gasteiger partial charge is 0.228 e. The Hall–Kier alpha value is -1.88. The molecule has 1 aliphatic heterocycles. The van der Waals surface area contributed by atoms with Gasteiger partial charge in [0, 0.05) is 34.7 Å². The Labute approximate surface area is 122 Å². The number of rotatable bonds is 4. The van der Waals surface area contributed by atoms with Gasteiger partial charge in [-0.15, -0.1) is 17.9 Å². The molecule has 0 spiro atoms. The van der Waals surface area contributed by atoms with Crippen molar-refractivity contribution >= 4 is 23.1 Å². The van der Waals surface area contributed by atoms with Gasteiger partial charge in [0.2, 0.25) is 5.91 Å². The van der Waals surface area contributed by atoms with Crippen LogP contribution in [-0.2, 0) is 11.3 Å². The standard InChI is InChI=1S/C15H17N3OS/c1-3-12-8-15(19)17(9-12)14-6-7-16-18(14)10-13-5-4-11(2)20-13/h3-7,12H,1,8-10H2,2H3. The highest BCUT2D eigenvalue weighted by atomic mass is 32.1. The van der Waals surface area contributed by atoms with Gasteiger partial charge in [-0.3, -0.25) is 9.69 Å². The van der Waals surface area contributed by atoms with E-state index < -0.39 is 0 Å². The Morgan fingerprint density at radius 1 is 1.50 bits per heavy atom. The van der Waals surface area contributed by atoms with Crippen molar-refractivity contribution in [2.75, 3.05) is 11.4 Å². The summed E-state index contributed by atoms with van der Waals surface area (Å²) in [6.45, 7) is 7.30. The summed E-state index contributed by atoms with van der Waals surface area (Å²) in [5.41, 5.74) is 0. The Morgan fingerprint density at radius 2 is 2.35 bits per heavy atom. The summed E-state index contributed by atoms with van der Waals surface area (Å²) in [6.07, 6.45) is 4.17. The number of aryl methyl sites for hydroxylation is 1. The zero-order valence-electron chi connectivity index (χ0n) is 11.5. The van der Waals surface area contributed by atoms with E-state index in [4.69, 9.17) is 0 Å². The van der Waals surface area contributed by atoms with E-state index in [0.717, 1.165) is 5.82 Å². The molecule has 1 unspecified atom stereocenters. The lowest BCUT2D eigenvalue weighted by Crippen LogP contribution is -2.27. The number of anilines is 1. The summed E-state index contributed by atoms with van der Waals surface area (Å²) in [5, 5.41) is 4.35. The molecule has 0 bridgehead atoms. The average molecular weight is 287 g/mol. The van der Waals surface area contributed by atoms with E-state index in [1.165, 1.54) is 9.75 Å². The van der Waals surface area contributed by atoms with Crippen LogP contribution in [0.5, 0.6) is 0 Å². The minimum atomic E-state index is 0.152. The number of nitrogens with zero attached hydrogens (tertiary/aromatic N) is 3. The van der Waals surface area contributed by atoms with Gasteiger partial charge < -0.3 is 0 Å². The summed E-state index contributed by atoms with van der Waals surface area (Å²) in [5.74, 6) is 1.28. The van der Waals surface area contributed by atoms with Crippen molar-refractivity contribution in [2.24, 2.45) is 5.92 Å². The number of carbonyl (C=O) groups excluding carboxylic acids is 1. The molecule has 2 aromatic rings. The van der Waals surface area contributed by atoms with Gasteiger partial charge in [-0.2, -0.15) is 5.10 Å². The highest BCUT2D eigenvalue weighted by Gasteiger charge is 2.30. The fraction of sp³-hybridized carbons (Fsp3) is 0.333. The number of amides is 1. The number of hydrogen-bond donors (Lipinski definition) is 0. The topological polar surface area (TPSA) is 38.1 Å². The van der Waals surface area contributed by atoms with Crippen LogP contribution in [0.4, 0.5) is 5.82 Å². The first kappa shape index (κ1) is 13.1. The second-order valence-corrected chi connectivity index (χ2v) is 6.44. The number of hydrogen-bond acceptors (Lipinski definition) is 3. The van der Waals surface area contributed by atoms with Crippen LogP contribution in [0.2, 0.25) is 0 Å². The largest absolute Gasteiger partial charge is 0.296 e. The van der Waals surface area contributed by atoms with E-state index in [2.05, 4.69) is 30.7 Å². The zero-order chi connectivity index (χ0) is 14.1. The Kier molecular flexibility index (Phi) is 3.44.